The van der Waals surface area contributed by atoms with Crippen LogP contribution in [0.1, 0.15) is 105 Å². The molecule has 3 aromatic heterocycles. The van der Waals surface area contributed by atoms with Gasteiger partial charge in [-0.3, -0.25) is 0 Å². The minimum atomic E-state index is -0.167. The zero-order valence-corrected chi connectivity index (χ0v) is 36.4. The van der Waals surface area contributed by atoms with Crippen LogP contribution in [0.5, 0.6) is 11.5 Å². The van der Waals surface area contributed by atoms with Gasteiger partial charge < -0.3 is 13.9 Å². The predicted octanol–water partition coefficient (Wildman–Crippen LogP) is 14.3. The maximum atomic E-state index is 6.42. The van der Waals surface area contributed by atoms with Gasteiger partial charge in [0.15, 0.2) is 0 Å². The number of rotatable bonds is 6. The summed E-state index contributed by atoms with van der Waals surface area (Å²) in [5.41, 5.74) is 13.4. The van der Waals surface area contributed by atoms with Crippen molar-refractivity contribution in [1.29, 1.82) is 0 Å². The summed E-state index contributed by atoms with van der Waals surface area (Å²) in [4.78, 5) is 10.9. The number of fused-ring (bicyclic) bond motifs is 3. The predicted molar refractivity (Wildman–Crippen MR) is 239 cm³/mol. The molecule has 5 heteroatoms. The van der Waals surface area contributed by atoms with Crippen LogP contribution in [0.25, 0.3) is 67.0 Å². The van der Waals surface area contributed by atoms with Crippen LogP contribution in [-0.4, -0.2) is 24.2 Å². The number of methoxy groups -OCH3 is 2. The third-order valence-electron chi connectivity index (χ3n) is 11.1. The molecule has 3 heterocycles. The quantitative estimate of drug-likeness (QED) is 0.169. The second-order valence-corrected chi connectivity index (χ2v) is 19.6. The number of furan rings is 1. The van der Waals surface area contributed by atoms with Crippen molar-refractivity contribution < 1.29 is 13.9 Å². The number of hydrogen-bond donors (Lipinski definition) is 0. The molecule has 0 unspecified atom stereocenters. The first-order valence-corrected chi connectivity index (χ1v) is 20.0. The van der Waals surface area contributed by atoms with E-state index in [1.165, 1.54) is 16.7 Å². The molecule has 0 atom stereocenters. The molecule has 0 bridgehead atoms. The molecule has 294 valence electrons. The molecule has 0 saturated heterocycles. The molecule has 0 N–H and O–H groups in total. The van der Waals surface area contributed by atoms with Crippen molar-refractivity contribution in [2.75, 3.05) is 14.2 Å². The highest BCUT2D eigenvalue weighted by Crippen LogP contribution is 2.43. The summed E-state index contributed by atoms with van der Waals surface area (Å²) in [6.45, 7) is 27.1. The van der Waals surface area contributed by atoms with Crippen LogP contribution < -0.4 is 9.47 Å². The highest BCUT2D eigenvalue weighted by Gasteiger charge is 2.25. The van der Waals surface area contributed by atoms with Crippen LogP contribution in [0.3, 0.4) is 0 Å². The van der Waals surface area contributed by atoms with Crippen LogP contribution in [0.15, 0.2) is 101 Å². The van der Waals surface area contributed by atoms with Gasteiger partial charge in [0, 0.05) is 21.9 Å². The Labute approximate surface area is 339 Å². The molecule has 0 fully saturated rings. The van der Waals surface area contributed by atoms with Gasteiger partial charge >= 0.3 is 0 Å². The number of para-hydroxylation sites is 1. The number of nitrogens with zero attached hydrogens (tertiary/aromatic N) is 2. The summed E-state index contributed by atoms with van der Waals surface area (Å²) >= 11 is 0. The molecule has 0 aliphatic heterocycles. The Morgan fingerprint density at radius 1 is 0.404 bits per heavy atom. The summed E-state index contributed by atoms with van der Waals surface area (Å²) in [7, 11) is 3.45. The van der Waals surface area contributed by atoms with Crippen molar-refractivity contribution in [3.8, 4) is 56.5 Å². The molecule has 57 heavy (non-hydrogen) atoms. The Hall–Kier alpha value is -5.42. The van der Waals surface area contributed by atoms with Crippen molar-refractivity contribution in [2.24, 2.45) is 0 Å². The average Bonchev–Trinajstić information content (AvgIpc) is 3.52. The first-order valence-electron chi connectivity index (χ1n) is 20.0. The van der Waals surface area contributed by atoms with E-state index in [2.05, 4.69) is 162 Å². The second-order valence-electron chi connectivity index (χ2n) is 19.6. The molecule has 0 saturated carbocycles. The maximum Gasteiger partial charge on any atom is 0.136 e. The zero-order chi connectivity index (χ0) is 41.2. The normalized spacial score (nSPS) is 12.7. The van der Waals surface area contributed by atoms with E-state index in [0.29, 0.717) is 0 Å². The lowest BCUT2D eigenvalue weighted by atomic mass is 9.79. The molecule has 7 aromatic rings. The number of benzene rings is 4. The number of pyridine rings is 2. The lowest BCUT2D eigenvalue weighted by molar-refractivity contribution is 0.415. The molecule has 5 nitrogen and oxygen atoms in total. The van der Waals surface area contributed by atoms with Gasteiger partial charge in [-0.15, -0.1) is 0 Å². The Balaban J connectivity index is 1.55. The Morgan fingerprint density at radius 2 is 0.895 bits per heavy atom. The fraction of sp³-hybridized carbons (Fsp3) is 0.346. The summed E-state index contributed by atoms with van der Waals surface area (Å²) in [5, 5.41) is 2.06. The van der Waals surface area contributed by atoms with Crippen molar-refractivity contribution >= 4 is 21.9 Å². The monoisotopic (exact) mass is 758 g/mol. The first-order chi connectivity index (χ1) is 26.6. The lowest BCUT2D eigenvalue weighted by Gasteiger charge is -2.26. The lowest BCUT2D eigenvalue weighted by Crippen LogP contribution is -2.16. The Kier molecular flexibility index (Phi) is 9.91. The molecule has 0 spiro atoms. The standard InChI is InChI=1S/C52H58N2O3/c1-49(2,3)33-19-20-45(55-13)39(26-33)42-27-36(52(10,11)12)28-44(54-42)43-24-32(31-21-34(50(4,5)6)25-35(22-31)51(7,8)9)23-41(53-43)40-30-48-38(29-47(40)56-14)37-17-15-16-18-46(37)57-48/h15-30H,1-14H3. The summed E-state index contributed by atoms with van der Waals surface area (Å²) in [6, 6.07) is 34.6. The largest absolute Gasteiger partial charge is 0.496 e. The third-order valence-corrected chi connectivity index (χ3v) is 11.1. The third kappa shape index (κ3) is 7.94. The second kappa shape index (κ2) is 14.2. The highest BCUT2D eigenvalue weighted by molar-refractivity contribution is 6.07. The number of ether oxygens (including phenoxy) is 2. The van der Waals surface area contributed by atoms with Crippen LogP contribution >= 0.6 is 0 Å². The van der Waals surface area contributed by atoms with Gasteiger partial charge in [0.05, 0.1) is 37.0 Å². The van der Waals surface area contributed by atoms with E-state index < -0.39 is 0 Å². The van der Waals surface area contributed by atoms with Crippen LogP contribution in [0.4, 0.5) is 0 Å². The fourth-order valence-electron chi connectivity index (χ4n) is 7.35. The number of aromatic nitrogens is 2. The molecular weight excluding hydrogens is 701 g/mol. The van der Waals surface area contributed by atoms with E-state index in [4.69, 9.17) is 23.9 Å². The van der Waals surface area contributed by atoms with Crippen LogP contribution in [-0.2, 0) is 21.7 Å². The zero-order valence-electron chi connectivity index (χ0n) is 36.4. The SMILES string of the molecule is COc1ccc(C(C)(C)C)cc1-c1cc(C(C)(C)C)cc(-c2cc(-c3cc(C(C)(C)C)cc(C(C)(C)C)c3)cc(-c3cc4oc5ccccc5c4cc3OC)n2)n1. The van der Waals surface area contributed by atoms with Gasteiger partial charge in [-0.1, -0.05) is 126 Å². The summed E-state index contributed by atoms with van der Waals surface area (Å²) < 4.78 is 18.5. The topological polar surface area (TPSA) is 57.4 Å². The minimum absolute atomic E-state index is 0.0518. The van der Waals surface area contributed by atoms with E-state index in [1.807, 2.05) is 18.2 Å². The molecule has 4 aromatic carbocycles. The van der Waals surface area contributed by atoms with Gasteiger partial charge in [-0.2, -0.15) is 0 Å². The minimum Gasteiger partial charge on any atom is -0.496 e. The van der Waals surface area contributed by atoms with E-state index >= 15 is 0 Å². The van der Waals surface area contributed by atoms with E-state index in [1.54, 1.807) is 14.2 Å². The van der Waals surface area contributed by atoms with Gasteiger partial charge in [0.25, 0.3) is 0 Å². The molecule has 0 aliphatic rings. The van der Waals surface area contributed by atoms with E-state index in [-0.39, 0.29) is 21.7 Å². The smallest absolute Gasteiger partial charge is 0.136 e. The van der Waals surface area contributed by atoms with Gasteiger partial charge in [-0.25, -0.2) is 9.97 Å². The van der Waals surface area contributed by atoms with Gasteiger partial charge in [-0.05, 0) is 110 Å². The molecule has 7 rings (SSSR count). The maximum absolute atomic E-state index is 6.42. The summed E-state index contributed by atoms with van der Waals surface area (Å²) in [6.07, 6.45) is 0. The Bertz CT molecular complexity index is 2600. The van der Waals surface area contributed by atoms with Crippen molar-refractivity contribution in [3.63, 3.8) is 0 Å². The van der Waals surface area contributed by atoms with Gasteiger partial charge in [0.2, 0.25) is 0 Å². The highest BCUT2D eigenvalue weighted by atomic mass is 16.5. The molecular formula is C52H58N2O3. The number of hydrogen-bond acceptors (Lipinski definition) is 5. The van der Waals surface area contributed by atoms with Crippen LogP contribution in [0.2, 0.25) is 0 Å². The fourth-order valence-corrected chi connectivity index (χ4v) is 7.35. The van der Waals surface area contributed by atoms with Gasteiger partial charge in [0.1, 0.15) is 22.7 Å². The molecule has 0 aliphatic carbocycles. The van der Waals surface area contributed by atoms with Crippen molar-refractivity contribution in [1.82, 2.24) is 9.97 Å². The first kappa shape index (κ1) is 39.8. The van der Waals surface area contributed by atoms with Crippen molar-refractivity contribution in [3.05, 3.63) is 119 Å². The average molecular weight is 759 g/mol. The van der Waals surface area contributed by atoms with Crippen molar-refractivity contribution in [2.45, 2.75) is 105 Å². The Morgan fingerprint density at radius 3 is 1.49 bits per heavy atom. The van der Waals surface area contributed by atoms with E-state index in [0.717, 1.165) is 84.0 Å². The molecule has 0 amide bonds. The molecule has 0 radical (unpaired) electrons. The summed E-state index contributed by atoms with van der Waals surface area (Å²) in [5.74, 6) is 1.51. The van der Waals surface area contributed by atoms with Crippen LogP contribution in [0, 0.1) is 0 Å². The van der Waals surface area contributed by atoms with E-state index in [9.17, 15) is 0 Å².